The van der Waals surface area contributed by atoms with Crippen molar-refractivity contribution >= 4 is 5.91 Å². The Hall–Kier alpha value is -2.41. The third-order valence-electron chi connectivity index (χ3n) is 4.32. The lowest BCUT2D eigenvalue weighted by molar-refractivity contribution is -0.137. The van der Waals surface area contributed by atoms with Crippen molar-refractivity contribution in [3.8, 4) is 0 Å². The number of nitrogens with zero attached hydrogens (tertiary/aromatic N) is 2. The number of carbonyl (C=O) groups is 1. The molecular formula is C19H19F3N2O2. The van der Waals surface area contributed by atoms with E-state index in [1.807, 2.05) is 18.2 Å². The summed E-state index contributed by atoms with van der Waals surface area (Å²) in [5.74, 6) is -0.273. The molecule has 0 N–H and O–H groups in total. The van der Waals surface area contributed by atoms with Crippen LogP contribution in [-0.4, -0.2) is 35.0 Å². The molecule has 1 aromatic carbocycles. The second-order valence-corrected chi connectivity index (χ2v) is 6.22. The average molecular weight is 364 g/mol. The summed E-state index contributed by atoms with van der Waals surface area (Å²) in [6.45, 7) is 1.36. The Kier molecular flexibility index (Phi) is 5.56. The molecule has 1 unspecified atom stereocenters. The maximum absolute atomic E-state index is 12.6. The third kappa shape index (κ3) is 4.60. The molecule has 0 spiro atoms. The van der Waals surface area contributed by atoms with Gasteiger partial charge >= 0.3 is 6.18 Å². The van der Waals surface area contributed by atoms with Crippen molar-refractivity contribution in [1.82, 2.24) is 9.88 Å². The molecule has 3 rings (SSSR count). The summed E-state index contributed by atoms with van der Waals surface area (Å²) < 4.78 is 43.7. The maximum atomic E-state index is 12.6. The van der Waals surface area contributed by atoms with Gasteiger partial charge in [0, 0.05) is 24.8 Å². The Bertz CT molecular complexity index is 733. The molecule has 1 aliphatic heterocycles. The Morgan fingerprint density at radius 1 is 1.19 bits per heavy atom. The quantitative estimate of drug-likeness (QED) is 0.826. The van der Waals surface area contributed by atoms with Crippen LogP contribution in [0.25, 0.3) is 0 Å². The van der Waals surface area contributed by atoms with E-state index in [1.165, 1.54) is 12.1 Å². The van der Waals surface area contributed by atoms with Crippen LogP contribution < -0.4 is 0 Å². The number of alkyl halides is 3. The van der Waals surface area contributed by atoms with E-state index in [9.17, 15) is 18.0 Å². The maximum Gasteiger partial charge on any atom is 0.416 e. The summed E-state index contributed by atoms with van der Waals surface area (Å²) in [5.41, 5.74) is 0.311. The van der Waals surface area contributed by atoms with Crippen molar-refractivity contribution in [3.63, 3.8) is 0 Å². The predicted octanol–water partition coefficient (Wildman–Crippen LogP) is 3.92. The Labute approximate surface area is 149 Å². The number of ether oxygens (including phenoxy) is 1. The van der Waals surface area contributed by atoms with Gasteiger partial charge in [-0.15, -0.1) is 0 Å². The van der Waals surface area contributed by atoms with Crippen molar-refractivity contribution in [2.75, 3.05) is 13.1 Å². The van der Waals surface area contributed by atoms with E-state index in [-0.39, 0.29) is 17.6 Å². The fourth-order valence-electron chi connectivity index (χ4n) is 2.93. The molecule has 1 atom stereocenters. The van der Waals surface area contributed by atoms with Crippen molar-refractivity contribution in [2.24, 2.45) is 0 Å². The van der Waals surface area contributed by atoms with Crippen LogP contribution >= 0.6 is 0 Å². The molecule has 2 aromatic rings. The first kappa shape index (κ1) is 18.4. The first-order valence-electron chi connectivity index (χ1n) is 8.41. The van der Waals surface area contributed by atoms with Gasteiger partial charge in [-0.2, -0.15) is 13.2 Å². The van der Waals surface area contributed by atoms with Crippen LogP contribution in [0.1, 0.15) is 34.5 Å². The number of halogens is 3. The van der Waals surface area contributed by atoms with Gasteiger partial charge in [0.15, 0.2) is 0 Å². The lowest BCUT2D eigenvalue weighted by Gasteiger charge is -2.32. The second kappa shape index (κ2) is 7.86. The summed E-state index contributed by atoms with van der Waals surface area (Å²) in [4.78, 5) is 18.4. The van der Waals surface area contributed by atoms with Crippen molar-refractivity contribution in [3.05, 3.63) is 65.5 Å². The average Bonchev–Trinajstić information content (AvgIpc) is 2.66. The van der Waals surface area contributed by atoms with Gasteiger partial charge in [0.05, 0.1) is 24.0 Å². The molecule has 0 radical (unpaired) electrons. The minimum atomic E-state index is -4.41. The molecule has 0 bridgehead atoms. The Balaban J connectivity index is 1.59. The van der Waals surface area contributed by atoms with Gasteiger partial charge in [-0.05, 0) is 49.2 Å². The van der Waals surface area contributed by atoms with Crippen LogP contribution in [0.3, 0.4) is 0 Å². The zero-order chi connectivity index (χ0) is 18.6. The van der Waals surface area contributed by atoms with E-state index < -0.39 is 11.7 Å². The van der Waals surface area contributed by atoms with Gasteiger partial charge in [-0.3, -0.25) is 9.78 Å². The van der Waals surface area contributed by atoms with Crippen LogP contribution in [0.2, 0.25) is 0 Å². The van der Waals surface area contributed by atoms with E-state index in [1.54, 1.807) is 11.1 Å². The fourth-order valence-corrected chi connectivity index (χ4v) is 2.93. The summed E-state index contributed by atoms with van der Waals surface area (Å²) in [6.07, 6.45) is -1.19. The number of likely N-dealkylation sites (tertiary alicyclic amines) is 1. The van der Waals surface area contributed by atoms with Gasteiger partial charge in [-0.25, -0.2) is 0 Å². The number of benzene rings is 1. The minimum Gasteiger partial charge on any atom is -0.370 e. The molecule has 0 aliphatic carbocycles. The van der Waals surface area contributed by atoms with Crippen molar-refractivity contribution < 1.29 is 22.7 Å². The smallest absolute Gasteiger partial charge is 0.370 e. The van der Waals surface area contributed by atoms with E-state index >= 15 is 0 Å². The normalized spacial score (nSPS) is 18.0. The molecule has 0 saturated carbocycles. The largest absolute Gasteiger partial charge is 0.416 e. The van der Waals surface area contributed by atoms with Gasteiger partial charge in [0.2, 0.25) is 0 Å². The molecule has 2 heterocycles. The first-order chi connectivity index (χ1) is 12.4. The molecule has 1 saturated heterocycles. The molecule has 1 fully saturated rings. The second-order valence-electron chi connectivity index (χ2n) is 6.22. The number of aromatic nitrogens is 1. The van der Waals surface area contributed by atoms with Crippen LogP contribution in [0.15, 0.2) is 48.7 Å². The lowest BCUT2D eigenvalue weighted by Crippen LogP contribution is -2.43. The van der Waals surface area contributed by atoms with Crippen molar-refractivity contribution in [2.45, 2.75) is 31.7 Å². The summed E-state index contributed by atoms with van der Waals surface area (Å²) in [6, 6.07) is 9.90. The number of amides is 1. The number of pyridine rings is 1. The molecule has 26 heavy (non-hydrogen) atoms. The molecule has 138 valence electrons. The molecular weight excluding hydrogens is 345 g/mol. The summed E-state index contributed by atoms with van der Waals surface area (Å²) in [5, 5.41) is 0. The van der Waals surface area contributed by atoms with Crippen LogP contribution in [0.4, 0.5) is 13.2 Å². The van der Waals surface area contributed by atoms with E-state index in [0.717, 1.165) is 30.7 Å². The van der Waals surface area contributed by atoms with E-state index in [0.29, 0.717) is 19.7 Å². The highest BCUT2D eigenvalue weighted by Crippen LogP contribution is 2.29. The number of hydrogen-bond acceptors (Lipinski definition) is 3. The summed E-state index contributed by atoms with van der Waals surface area (Å²) in [7, 11) is 0. The molecule has 1 aliphatic rings. The van der Waals surface area contributed by atoms with Crippen LogP contribution in [0.5, 0.6) is 0 Å². The topological polar surface area (TPSA) is 42.4 Å². The summed E-state index contributed by atoms with van der Waals surface area (Å²) >= 11 is 0. The van der Waals surface area contributed by atoms with Gasteiger partial charge < -0.3 is 9.64 Å². The minimum absolute atomic E-state index is 0.107. The Morgan fingerprint density at radius 2 is 1.96 bits per heavy atom. The Morgan fingerprint density at radius 3 is 2.62 bits per heavy atom. The highest BCUT2D eigenvalue weighted by atomic mass is 19.4. The zero-order valence-corrected chi connectivity index (χ0v) is 14.1. The van der Waals surface area contributed by atoms with Gasteiger partial charge in [0.25, 0.3) is 5.91 Å². The van der Waals surface area contributed by atoms with E-state index in [4.69, 9.17) is 4.74 Å². The number of rotatable bonds is 4. The first-order valence-corrected chi connectivity index (χ1v) is 8.41. The van der Waals surface area contributed by atoms with Gasteiger partial charge in [-0.1, -0.05) is 6.07 Å². The third-order valence-corrected chi connectivity index (χ3v) is 4.32. The fraction of sp³-hybridized carbons (Fsp3) is 0.368. The SMILES string of the molecule is O=C(c1ccc(C(F)(F)F)cc1)N1CCCC(OCc2ccccn2)C1. The number of piperidine rings is 1. The molecule has 4 nitrogen and oxygen atoms in total. The molecule has 1 aromatic heterocycles. The highest BCUT2D eigenvalue weighted by Gasteiger charge is 2.31. The monoisotopic (exact) mass is 364 g/mol. The zero-order valence-electron chi connectivity index (χ0n) is 14.1. The lowest BCUT2D eigenvalue weighted by atomic mass is 10.1. The van der Waals surface area contributed by atoms with Crippen LogP contribution in [-0.2, 0) is 17.5 Å². The number of carbonyl (C=O) groups excluding carboxylic acids is 1. The molecule has 7 heteroatoms. The van der Waals surface area contributed by atoms with Crippen molar-refractivity contribution in [1.29, 1.82) is 0 Å². The van der Waals surface area contributed by atoms with Gasteiger partial charge in [0.1, 0.15) is 0 Å². The predicted molar refractivity (Wildman–Crippen MR) is 89.4 cm³/mol. The standard InChI is InChI=1S/C19H19F3N2O2/c20-19(21,22)15-8-6-14(7-9-15)18(25)24-11-3-5-17(12-24)26-13-16-4-1-2-10-23-16/h1-2,4,6-10,17H,3,5,11-13H2. The highest BCUT2D eigenvalue weighted by molar-refractivity contribution is 5.94. The number of hydrogen-bond donors (Lipinski definition) is 0. The van der Waals surface area contributed by atoms with E-state index in [2.05, 4.69) is 4.98 Å². The molecule has 1 amide bonds. The van der Waals surface area contributed by atoms with Crippen LogP contribution in [0, 0.1) is 0 Å².